The Morgan fingerprint density at radius 2 is 0.889 bits per heavy atom. The molecule has 0 unspecified atom stereocenters. The molecule has 3 nitrogen and oxygen atoms in total. The fraction of sp³-hybridized carbons (Fsp3) is 0.0238. The van der Waals surface area contributed by atoms with E-state index in [0.717, 1.165) is 83.5 Å². The molecule has 3 heterocycles. The van der Waals surface area contributed by atoms with Gasteiger partial charge in [-0.2, -0.15) is 0 Å². The third-order valence-corrected chi connectivity index (χ3v) is 8.32. The average molecular weight is 576 g/mol. The lowest BCUT2D eigenvalue weighted by atomic mass is 9.93. The van der Waals surface area contributed by atoms with E-state index in [4.69, 9.17) is 15.0 Å². The van der Waals surface area contributed by atoms with E-state index < -0.39 is 0 Å². The quantitative estimate of drug-likeness (QED) is 0.192. The number of aryl methyl sites for hydroxylation is 1. The van der Waals surface area contributed by atoms with Crippen LogP contribution in [0.15, 0.2) is 158 Å². The first-order valence-electron chi connectivity index (χ1n) is 15.2. The van der Waals surface area contributed by atoms with Crippen molar-refractivity contribution < 1.29 is 0 Å². The number of hydrogen-bond donors (Lipinski definition) is 0. The van der Waals surface area contributed by atoms with Crippen molar-refractivity contribution in [3.05, 3.63) is 163 Å². The summed E-state index contributed by atoms with van der Waals surface area (Å²) >= 11 is 0. The average Bonchev–Trinajstić information content (AvgIpc) is 3.12. The molecule has 0 spiro atoms. The zero-order chi connectivity index (χ0) is 30.2. The minimum Gasteiger partial charge on any atom is -0.251 e. The second kappa shape index (κ2) is 11.3. The fourth-order valence-electron chi connectivity index (χ4n) is 6.04. The number of fused-ring (bicyclic) bond motifs is 3. The summed E-state index contributed by atoms with van der Waals surface area (Å²) in [5, 5.41) is 2.17. The highest BCUT2D eigenvalue weighted by Crippen LogP contribution is 2.37. The molecule has 8 aromatic rings. The molecule has 45 heavy (non-hydrogen) atoms. The normalized spacial score (nSPS) is 11.2. The second-order valence-electron chi connectivity index (χ2n) is 11.3. The Kier molecular flexibility index (Phi) is 6.69. The van der Waals surface area contributed by atoms with Crippen LogP contribution in [-0.2, 0) is 0 Å². The van der Waals surface area contributed by atoms with Crippen LogP contribution in [0.4, 0.5) is 0 Å². The molecule has 0 atom stereocenters. The van der Waals surface area contributed by atoms with Gasteiger partial charge in [0.05, 0.1) is 28.1 Å². The molecular formula is C42H29N3. The number of aromatic nitrogens is 3. The summed E-state index contributed by atoms with van der Waals surface area (Å²) in [6.45, 7) is 2.03. The van der Waals surface area contributed by atoms with Gasteiger partial charge in [0.25, 0.3) is 0 Å². The molecule has 0 bridgehead atoms. The number of hydrogen-bond acceptors (Lipinski definition) is 3. The van der Waals surface area contributed by atoms with Gasteiger partial charge in [0.1, 0.15) is 0 Å². The van der Waals surface area contributed by atoms with E-state index in [1.807, 2.05) is 25.1 Å². The highest BCUT2D eigenvalue weighted by Gasteiger charge is 2.15. The van der Waals surface area contributed by atoms with Crippen molar-refractivity contribution in [2.75, 3.05) is 0 Å². The zero-order valence-corrected chi connectivity index (χ0v) is 24.9. The Morgan fingerprint density at radius 3 is 1.51 bits per heavy atom. The molecule has 0 aliphatic carbocycles. The molecule has 212 valence electrons. The Labute approximate surface area is 262 Å². The molecule has 0 fully saturated rings. The van der Waals surface area contributed by atoms with Gasteiger partial charge in [-0.3, -0.25) is 4.98 Å². The van der Waals surface area contributed by atoms with Gasteiger partial charge in [0.2, 0.25) is 0 Å². The number of rotatable bonds is 5. The van der Waals surface area contributed by atoms with E-state index in [-0.39, 0.29) is 0 Å². The van der Waals surface area contributed by atoms with Crippen LogP contribution in [0.25, 0.3) is 77.8 Å². The Hall–Kier alpha value is -5.93. The molecule has 5 aromatic carbocycles. The van der Waals surface area contributed by atoms with Gasteiger partial charge in [-0.25, -0.2) is 9.97 Å². The van der Waals surface area contributed by atoms with Crippen LogP contribution >= 0.6 is 0 Å². The molecule has 0 radical (unpaired) electrons. The van der Waals surface area contributed by atoms with Gasteiger partial charge in [-0.05, 0) is 59.5 Å². The third kappa shape index (κ3) is 5.15. The summed E-state index contributed by atoms with van der Waals surface area (Å²) in [6, 6.07) is 55.1. The fourth-order valence-corrected chi connectivity index (χ4v) is 6.04. The van der Waals surface area contributed by atoms with Crippen LogP contribution in [0.2, 0.25) is 0 Å². The van der Waals surface area contributed by atoms with E-state index in [0.29, 0.717) is 0 Å². The maximum Gasteiger partial charge on any atom is 0.0978 e. The van der Waals surface area contributed by atoms with Crippen molar-refractivity contribution in [3.63, 3.8) is 0 Å². The Bertz CT molecular complexity index is 2250. The van der Waals surface area contributed by atoms with Crippen LogP contribution in [0, 0.1) is 6.92 Å². The Morgan fingerprint density at radius 1 is 0.356 bits per heavy atom. The van der Waals surface area contributed by atoms with E-state index in [1.165, 1.54) is 0 Å². The molecule has 0 saturated heterocycles. The van der Waals surface area contributed by atoms with Gasteiger partial charge in [-0.1, -0.05) is 127 Å². The third-order valence-electron chi connectivity index (χ3n) is 8.32. The largest absolute Gasteiger partial charge is 0.251 e. The first kappa shape index (κ1) is 26.7. The highest BCUT2D eigenvalue weighted by molar-refractivity contribution is 6.09. The maximum atomic E-state index is 5.20. The monoisotopic (exact) mass is 575 g/mol. The predicted molar refractivity (Wildman–Crippen MR) is 187 cm³/mol. The molecule has 0 aliphatic rings. The molecule has 3 heteroatoms. The van der Waals surface area contributed by atoms with Crippen molar-refractivity contribution in [1.82, 2.24) is 15.0 Å². The summed E-state index contributed by atoms with van der Waals surface area (Å²) in [7, 11) is 0. The number of pyridine rings is 3. The van der Waals surface area contributed by atoms with Crippen LogP contribution in [0.5, 0.6) is 0 Å². The standard InChI is InChI=1S/C42H29N3/c1-28-20-21-32-22-23-36-37(27-40(31-16-9-4-10-17-31)45-42(36)41(32)43-28)34-19-11-18-33(24-34)35-25-38(29-12-5-2-6-13-29)44-39(26-35)30-14-7-3-8-15-30/h2-27H,1H3. The van der Waals surface area contributed by atoms with Crippen molar-refractivity contribution >= 4 is 21.8 Å². The first-order valence-corrected chi connectivity index (χ1v) is 15.2. The van der Waals surface area contributed by atoms with Gasteiger partial charge in [-0.15, -0.1) is 0 Å². The lowest BCUT2D eigenvalue weighted by Crippen LogP contribution is -1.94. The minimum absolute atomic E-state index is 0.916. The molecule has 0 N–H and O–H groups in total. The van der Waals surface area contributed by atoms with Gasteiger partial charge < -0.3 is 0 Å². The number of benzene rings is 5. The van der Waals surface area contributed by atoms with E-state index in [2.05, 4.69) is 140 Å². The first-order chi connectivity index (χ1) is 22.2. The molecule has 0 amide bonds. The molecular weight excluding hydrogens is 546 g/mol. The number of nitrogens with zero attached hydrogens (tertiary/aromatic N) is 3. The van der Waals surface area contributed by atoms with Gasteiger partial charge >= 0.3 is 0 Å². The van der Waals surface area contributed by atoms with Crippen molar-refractivity contribution in [2.45, 2.75) is 6.92 Å². The van der Waals surface area contributed by atoms with E-state index in [1.54, 1.807) is 0 Å². The van der Waals surface area contributed by atoms with Crippen molar-refractivity contribution in [3.8, 4) is 56.0 Å². The molecule has 3 aromatic heterocycles. The predicted octanol–water partition coefficient (Wildman–Crippen LogP) is 10.8. The summed E-state index contributed by atoms with van der Waals surface area (Å²) in [5.74, 6) is 0. The molecule has 0 saturated carbocycles. The lowest BCUT2D eigenvalue weighted by molar-refractivity contribution is 1.25. The zero-order valence-electron chi connectivity index (χ0n) is 24.9. The second-order valence-corrected chi connectivity index (χ2v) is 11.3. The van der Waals surface area contributed by atoms with E-state index in [9.17, 15) is 0 Å². The summed E-state index contributed by atoms with van der Waals surface area (Å²) in [6.07, 6.45) is 0. The summed E-state index contributed by atoms with van der Waals surface area (Å²) in [4.78, 5) is 15.2. The lowest BCUT2D eigenvalue weighted by Gasteiger charge is -2.14. The smallest absolute Gasteiger partial charge is 0.0978 e. The Balaban J connectivity index is 1.34. The van der Waals surface area contributed by atoms with E-state index >= 15 is 0 Å². The van der Waals surface area contributed by atoms with Crippen molar-refractivity contribution in [2.24, 2.45) is 0 Å². The SMILES string of the molecule is Cc1ccc2ccc3c(-c4cccc(-c5cc(-c6ccccc6)nc(-c6ccccc6)c5)c4)cc(-c4ccccc4)nc3c2n1. The van der Waals surface area contributed by atoms with Gasteiger partial charge in [0, 0.05) is 33.2 Å². The summed E-state index contributed by atoms with van der Waals surface area (Å²) < 4.78 is 0. The molecule has 0 aliphatic heterocycles. The van der Waals surface area contributed by atoms with Crippen LogP contribution < -0.4 is 0 Å². The summed E-state index contributed by atoms with van der Waals surface area (Å²) in [5.41, 5.74) is 13.4. The highest BCUT2D eigenvalue weighted by atomic mass is 14.8. The van der Waals surface area contributed by atoms with Crippen LogP contribution in [-0.4, -0.2) is 15.0 Å². The van der Waals surface area contributed by atoms with Crippen LogP contribution in [0.1, 0.15) is 5.69 Å². The van der Waals surface area contributed by atoms with Crippen molar-refractivity contribution in [1.29, 1.82) is 0 Å². The minimum atomic E-state index is 0.916. The molecule has 8 rings (SSSR count). The topological polar surface area (TPSA) is 38.7 Å². The van der Waals surface area contributed by atoms with Crippen LogP contribution in [0.3, 0.4) is 0 Å². The maximum absolute atomic E-state index is 5.20. The van der Waals surface area contributed by atoms with Gasteiger partial charge in [0.15, 0.2) is 0 Å².